The second-order valence-corrected chi connectivity index (χ2v) is 13.2. The summed E-state index contributed by atoms with van der Waals surface area (Å²) in [5.74, 6) is 1.65. The maximum atomic E-state index is 13.4. The lowest BCUT2D eigenvalue weighted by molar-refractivity contribution is -0.140. The molecule has 2 aliphatic rings. The lowest BCUT2D eigenvalue weighted by Crippen LogP contribution is -2.55. The largest absolute Gasteiger partial charge is 0.490 e. The molecular formula is C36H55N3O6. The normalized spacial score (nSPS) is 21.4. The number of ether oxygens (including phenoxy) is 5. The van der Waals surface area contributed by atoms with Gasteiger partial charge in [-0.05, 0) is 47.1 Å². The van der Waals surface area contributed by atoms with Gasteiger partial charge in [0.15, 0.2) is 0 Å². The summed E-state index contributed by atoms with van der Waals surface area (Å²) < 4.78 is 29.1. The fourth-order valence-corrected chi connectivity index (χ4v) is 6.40. The Morgan fingerprint density at radius 3 is 2.47 bits per heavy atom. The Morgan fingerprint density at radius 1 is 1.00 bits per heavy atom. The highest BCUT2D eigenvalue weighted by Gasteiger charge is 2.39. The topological polar surface area (TPSA) is 95.7 Å². The number of anilines is 1. The van der Waals surface area contributed by atoms with Crippen LogP contribution in [0.15, 0.2) is 42.5 Å². The first-order valence-corrected chi connectivity index (χ1v) is 16.5. The Morgan fingerprint density at radius 2 is 1.76 bits per heavy atom. The van der Waals surface area contributed by atoms with E-state index in [-0.39, 0.29) is 29.8 Å². The molecule has 5 atom stereocenters. The third kappa shape index (κ3) is 9.66. The highest BCUT2D eigenvalue weighted by Crippen LogP contribution is 2.37. The standard InChI is InChI=1S/C36H55N3O6/c1-25(2)35(37)36(40)39-19-27(4)34(30-11-8-28(9-12-30)23-43-22-26(3)21-42-6)33(20-39)45-24-29-10-13-32-31(18-29)38(15-17-44-32)14-7-16-41-5/h8-13,18,25-27,33-35H,7,14-17,19-24,37H2,1-6H3/t26-,27+,33-,34+,35-/m0/s1. The molecule has 1 saturated heterocycles. The van der Waals surface area contributed by atoms with Crippen molar-refractivity contribution in [1.82, 2.24) is 4.90 Å². The number of fused-ring (bicyclic) bond motifs is 1. The van der Waals surface area contributed by atoms with Crippen molar-refractivity contribution < 1.29 is 28.5 Å². The fraction of sp³-hybridized carbons (Fsp3) is 0.639. The van der Waals surface area contributed by atoms with E-state index < -0.39 is 6.04 Å². The van der Waals surface area contributed by atoms with Gasteiger partial charge in [-0.25, -0.2) is 0 Å². The van der Waals surface area contributed by atoms with E-state index in [1.165, 1.54) is 5.56 Å². The molecule has 0 bridgehead atoms. The Labute approximate surface area is 270 Å². The van der Waals surface area contributed by atoms with Gasteiger partial charge in [0.05, 0.1) is 50.8 Å². The summed E-state index contributed by atoms with van der Waals surface area (Å²) in [6.07, 6.45) is 0.776. The van der Waals surface area contributed by atoms with Gasteiger partial charge >= 0.3 is 0 Å². The highest BCUT2D eigenvalue weighted by atomic mass is 16.5. The van der Waals surface area contributed by atoms with Crippen LogP contribution in [0.4, 0.5) is 5.69 Å². The van der Waals surface area contributed by atoms with Gasteiger partial charge in [-0.3, -0.25) is 4.79 Å². The molecule has 4 rings (SSSR count). The molecule has 0 unspecified atom stereocenters. The first-order chi connectivity index (χ1) is 21.7. The summed E-state index contributed by atoms with van der Waals surface area (Å²) in [6, 6.07) is 14.5. The number of hydrogen-bond acceptors (Lipinski definition) is 8. The molecule has 2 N–H and O–H groups in total. The van der Waals surface area contributed by atoms with Gasteiger partial charge in [-0.1, -0.05) is 58.0 Å². The van der Waals surface area contributed by atoms with E-state index in [0.29, 0.717) is 52.0 Å². The molecule has 2 heterocycles. The zero-order valence-corrected chi connectivity index (χ0v) is 28.2. The molecule has 2 aromatic carbocycles. The van der Waals surface area contributed by atoms with E-state index in [4.69, 9.17) is 29.4 Å². The van der Waals surface area contributed by atoms with Crippen molar-refractivity contribution in [1.29, 1.82) is 0 Å². The molecular weight excluding hydrogens is 570 g/mol. The minimum atomic E-state index is -0.523. The number of nitrogens with two attached hydrogens (primary N) is 1. The molecule has 2 aromatic rings. The number of rotatable bonds is 16. The number of piperidine rings is 1. The molecule has 0 radical (unpaired) electrons. The molecule has 9 nitrogen and oxygen atoms in total. The molecule has 0 aliphatic carbocycles. The average molecular weight is 626 g/mol. The summed E-state index contributed by atoms with van der Waals surface area (Å²) in [6.45, 7) is 15.0. The molecule has 0 aromatic heterocycles. The quantitative estimate of drug-likeness (QED) is 0.265. The van der Waals surface area contributed by atoms with E-state index in [0.717, 1.165) is 48.7 Å². The van der Waals surface area contributed by atoms with Gasteiger partial charge in [-0.15, -0.1) is 0 Å². The number of hydrogen-bond donors (Lipinski definition) is 1. The van der Waals surface area contributed by atoms with Crippen LogP contribution in [0.5, 0.6) is 5.75 Å². The summed E-state index contributed by atoms with van der Waals surface area (Å²) in [5, 5.41) is 0. The molecule has 45 heavy (non-hydrogen) atoms. The van der Waals surface area contributed by atoms with Gasteiger partial charge in [0, 0.05) is 52.3 Å². The predicted molar refractivity (Wildman–Crippen MR) is 178 cm³/mol. The Balaban J connectivity index is 1.50. The van der Waals surface area contributed by atoms with Crippen molar-refractivity contribution in [2.75, 3.05) is 71.7 Å². The van der Waals surface area contributed by atoms with Crippen LogP contribution >= 0.6 is 0 Å². The van der Waals surface area contributed by atoms with Crippen LogP contribution in [-0.2, 0) is 37.0 Å². The number of nitrogens with zero attached hydrogens (tertiary/aromatic N) is 2. The van der Waals surface area contributed by atoms with Crippen LogP contribution in [0, 0.1) is 17.8 Å². The minimum absolute atomic E-state index is 0.00303. The third-order valence-electron chi connectivity index (χ3n) is 8.95. The Hall–Kier alpha value is -2.69. The monoisotopic (exact) mass is 625 g/mol. The predicted octanol–water partition coefficient (Wildman–Crippen LogP) is 4.85. The van der Waals surface area contributed by atoms with E-state index in [1.54, 1.807) is 14.2 Å². The molecule has 1 fully saturated rings. The van der Waals surface area contributed by atoms with Crippen LogP contribution in [0.25, 0.3) is 0 Å². The van der Waals surface area contributed by atoms with Crippen LogP contribution in [0.1, 0.15) is 56.7 Å². The first-order valence-electron chi connectivity index (χ1n) is 16.5. The zero-order valence-electron chi connectivity index (χ0n) is 28.2. The van der Waals surface area contributed by atoms with E-state index in [1.807, 2.05) is 24.8 Å². The number of carbonyl (C=O) groups excluding carboxylic acids is 1. The summed E-state index contributed by atoms with van der Waals surface area (Å²) in [4.78, 5) is 17.7. The number of amides is 1. The van der Waals surface area contributed by atoms with E-state index in [9.17, 15) is 4.79 Å². The number of carbonyl (C=O) groups is 1. The van der Waals surface area contributed by atoms with E-state index in [2.05, 4.69) is 55.1 Å². The maximum absolute atomic E-state index is 13.4. The second kappa shape index (κ2) is 17.3. The molecule has 0 saturated carbocycles. The summed E-state index contributed by atoms with van der Waals surface area (Å²) >= 11 is 0. The van der Waals surface area contributed by atoms with Crippen molar-refractivity contribution in [2.24, 2.45) is 23.5 Å². The highest BCUT2D eigenvalue weighted by molar-refractivity contribution is 5.82. The Bertz CT molecular complexity index is 1190. The van der Waals surface area contributed by atoms with E-state index >= 15 is 0 Å². The van der Waals surface area contributed by atoms with Crippen LogP contribution in [0.2, 0.25) is 0 Å². The SMILES string of the molecule is COCCCN1CCOc2ccc(CO[C@H]3CN(C(=O)[C@@H](N)C(C)C)C[C@@H](C)[C@@H]3c3ccc(COC[C@@H](C)COC)cc3)cc21. The van der Waals surface area contributed by atoms with Gasteiger partial charge < -0.3 is 39.2 Å². The van der Waals surface area contributed by atoms with Gasteiger partial charge in [0.25, 0.3) is 0 Å². The zero-order chi connectivity index (χ0) is 32.3. The second-order valence-electron chi connectivity index (χ2n) is 13.2. The lowest BCUT2D eigenvalue weighted by Gasteiger charge is -2.43. The maximum Gasteiger partial charge on any atom is 0.239 e. The summed E-state index contributed by atoms with van der Waals surface area (Å²) in [5.41, 5.74) is 10.9. The van der Waals surface area contributed by atoms with Crippen molar-refractivity contribution in [2.45, 2.75) is 65.4 Å². The number of likely N-dealkylation sites (tertiary alicyclic amines) is 1. The first kappa shape index (κ1) is 35.2. The summed E-state index contributed by atoms with van der Waals surface area (Å²) in [7, 11) is 3.45. The van der Waals surface area contributed by atoms with Gasteiger partial charge in [-0.2, -0.15) is 0 Å². The average Bonchev–Trinajstić information content (AvgIpc) is 3.03. The fourth-order valence-electron chi connectivity index (χ4n) is 6.40. The van der Waals surface area contributed by atoms with Crippen LogP contribution in [0.3, 0.4) is 0 Å². The molecule has 2 aliphatic heterocycles. The van der Waals surface area contributed by atoms with Crippen molar-refractivity contribution in [3.8, 4) is 5.75 Å². The molecule has 1 amide bonds. The van der Waals surface area contributed by atoms with Crippen molar-refractivity contribution >= 4 is 11.6 Å². The molecule has 250 valence electrons. The third-order valence-corrected chi connectivity index (χ3v) is 8.95. The molecule has 0 spiro atoms. The van der Waals surface area contributed by atoms with Gasteiger partial charge in [0.2, 0.25) is 5.91 Å². The number of methoxy groups -OCH3 is 2. The minimum Gasteiger partial charge on any atom is -0.490 e. The van der Waals surface area contributed by atoms with Crippen molar-refractivity contribution in [3.63, 3.8) is 0 Å². The van der Waals surface area contributed by atoms with Gasteiger partial charge in [0.1, 0.15) is 12.4 Å². The lowest BCUT2D eigenvalue weighted by atomic mass is 9.79. The molecule has 9 heteroatoms. The number of benzene rings is 2. The van der Waals surface area contributed by atoms with Crippen molar-refractivity contribution in [3.05, 3.63) is 59.2 Å². The van der Waals surface area contributed by atoms with Crippen LogP contribution < -0.4 is 15.4 Å². The smallest absolute Gasteiger partial charge is 0.239 e. The van der Waals surface area contributed by atoms with Crippen LogP contribution in [-0.4, -0.2) is 89.8 Å². The Kier molecular flexibility index (Phi) is 13.5.